The molecule has 2 atom stereocenters. The summed E-state index contributed by atoms with van der Waals surface area (Å²) in [7, 11) is 0. The average molecular weight is 289 g/mol. The van der Waals surface area contributed by atoms with E-state index in [9.17, 15) is 4.79 Å². The summed E-state index contributed by atoms with van der Waals surface area (Å²) in [5.41, 5.74) is 7.54. The van der Waals surface area contributed by atoms with Crippen molar-refractivity contribution in [3.8, 4) is 0 Å². The Balaban J connectivity index is 2.01. The van der Waals surface area contributed by atoms with Crippen LogP contribution < -0.4 is 5.73 Å². The van der Waals surface area contributed by atoms with Crippen LogP contribution in [0.25, 0.3) is 0 Å². The van der Waals surface area contributed by atoms with E-state index in [-0.39, 0.29) is 11.8 Å². The molecule has 1 aliphatic rings. The molecule has 1 aromatic carbocycles. The first-order valence-corrected chi connectivity index (χ1v) is 7.95. The highest BCUT2D eigenvalue weighted by molar-refractivity contribution is 5.84. The van der Waals surface area contributed by atoms with Crippen molar-refractivity contribution >= 4 is 11.6 Å². The first kappa shape index (κ1) is 15.8. The Morgan fingerprint density at radius 2 is 2.14 bits per heavy atom. The molecule has 21 heavy (non-hydrogen) atoms. The van der Waals surface area contributed by atoms with Crippen molar-refractivity contribution in [2.45, 2.75) is 39.2 Å². The number of carbonyl (C=O) groups excluding carboxylic acids is 1. The number of nitrogens with two attached hydrogens (primary N) is 1. The van der Waals surface area contributed by atoms with Crippen molar-refractivity contribution in [1.29, 1.82) is 0 Å². The molecular weight excluding hydrogens is 262 g/mol. The topological polar surface area (TPSA) is 49.6 Å². The molecular formula is C17H27N3O. The fraction of sp³-hybridized carbons (Fsp3) is 0.588. The van der Waals surface area contributed by atoms with Crippen LogP contribution >= 0.6 is 0 Å². The predicted molar refractivity (Wildman–Crippen MR) is 87.2 cm³/mol. The molecule has 4 nitrogen and oxygen atoms in total. The lowest BCUT2D eigenvalue weighted by molar-refractivity contribution is -0.131. The van der Waals surface area contributed by atoms with Gasteiger partial charge >= 0.3 is 0 Å². The lowest BCUT2D eigenvalue weighted by Gasteiger charge is -2.27. The molecule has 1 heterocycles. The van der Waals surface area contributed by atoms with E-state index in [4.69, 9.17) is 5.73 Å². The van der Waals surface area contributed by atoms with Gasteiger partial charge < -0.3 is 10.6 Å². The zero-order valence-electron chi connectivity index (χ0n) is 13.4. The third kappa shape index (κ3) is 3.56. The van der Waals surface area contributed by atoms with Gasteiger partial charge in [0.05, 0.1) is 5.92 Å². The van der Waals surface area contributed by atoms with Crippen molar-refractivity contribution in [1.82, 2.24) is 9.80 Å². The first-order chi connectivity index (χ1) is 10.1. The van der Waals surface area contributed by atoms with Crippen LogP contribution in [0.3, 0.4) is 0 Å². The molecule has 0 bridgehead atoms. The van der Waals surface area contributed by atoms with Crippen molar-refractivity contribution in [2.75, 3.05) is 31.9 Å². The minimum atomic E-state index is -0.121. The van der Waals surface area contributed by atoms with E-state index < -0.39 is 0 Å². The maximum atomic E-state index is 12.7. The molecule has 0 spiro atoms. The lowest BCUT2D eigenvalue weighted by atomic mass is 9.99. The van der Waals surface area contributed by atoms with Gasteiger partial charge in [0.1, 0.15) is 0 Å². The summed E-state index contributed by atoms with van der Waals surface area (Å²) < 4.78 is 0. The van der Waals surface area contributed by atoms with Gasteiger partial charge in [-0.15, -0.1) is 0 Å². The zero-order chi connectivity index (χ0) is 15.4. The second-order valence-corrected chi connectivity index (χ2v) is 5.84. The quantitative estimate of drug-likeness (QED) is 0.846. The van der Waals surface area contributed by atoms with Gasteiger partial charge in [0.15, 0.2) is 0 Å². The number of rotatable bonds is 5. The first-order valence-electron chi connectivity index (χ1n) is 7.95. The highest BCUT2D eigenvalue weighted by Crippen LogP contribution is 2.24. The maximum Gasteiger partial charge on any atom is 0.229 e. The Hall–Kier alpha value is -1.55. The highest BCUT2D eigenvalue weighted by Gasteiger charge is 2.31. The van der Waals surface area contributed by atoms with Crippen LogP contribution in [0.5, 0.6) is 0 Å². The van der Waals surface area contributed by atoms with E-state index in [1.54, 1.807) is 0 Å². The van der Waals surface area contributed by atoms with Gasteiger partial charge in [-0.1, -0.05) is 26.0 Å². The third-order valence-electron chi connectivity index (χ3n) is 4.58. The van der Waals surface area contributed by atoms with Gasteiger partial charge in [-0.3, -0.25) is 9.69 Å². The fourth-order valence-corrected chi connectivity index (χ4v) is 3.22. The predicted octanol–water partition coefficient (Wildman–Crippen LogP) is 2.32. The van der Waals surface area contributed by atoms with Crippen LogP contribution in [-0.2, 0) is 4.79 Å². The van der Waals surface area contributed by atoms with E-state index in [2.05, 4.69) is 18.7 Å². The van der Waals surface area contributed by atoms with Crippen molar-refractivity contribution < 1.29 is 4.79 Å². The van der Waals surface area contributed by atoms with Gasteiger partial charge in [0, 0.05) is 24.8 Å². The van der Waals surface area contributed by atoms with Crippen LogP contribution in [-0.4, -0.2) is 47.9 Å². The lowest BCUT2D eigenvalue weighted by Crippen LogP contribution is -2.39. The largest absolute Gasteiger partial charge is 0.399 e. The zero-order valence-corrected chi connectivity index (χ0v) is 13.4. The molecule has 1 fully saturated rings. The Labute approximate surface area is 127 Å². The Morgan fingerprint density at radius 1 is 1.43 bits per heavy atom. The monoisotopic (exact) mass is 289 g/mol. The van der Waals surface area contributed by atoms with Crippen LogP contribution in [0.15, 0.2) is 24.3 Å². The SMILES string of the molecule is CCN(CC)C1CCN(C(=O)C(C)c2cccc(N)c2)C1. The number of hydrogen-bond donors (Lipinski definition) is 1. The van der Waals surface area contributed by atoms with Gasteiger partial charge in [-0.25, -0.2) is 0 Å². The van der Waals surface area contributed by atoms with Crippen molar-refractivity contribution in [3.63, 3.8) is 0 Å². The number of nitrogens with zero attached hydrogens (tertiary/aromatic N) is 2. The van der Waals surface area contributed by atoms with E-state index in [0.717, 1.165) is 43.9 Å². The van der Waals surface area contributed by atoms with Crippen LogP contribution in [0, 0.1) is 0 Å². The number of carbonyl (C=O) groups is 1. The normalized spacial score (nSPS) is 20.0. The second-order valence-electron chi connectivity index (χ2n) is 5.84. The van der Waals surface area contributed by atoms with Crippen molar-refractivity contribution in [2.24, 2.45) is 0 Å². The summed E-state index contributed by atoms with van der Waals surface area (Å²) in [6, 6.07) is 8.17. The number of likely N-dealkylation sites (tertiary alicyclic amines) is 1. The van der Waals surface area contributed by atoms with Crippen molar-refractivity contribution in [3.05, 3.63) is 29.8 Å². The summed E-state index contributed by atoms with van der Waals surface area (Å²) in [5.74, 6) is 0.0965. The van der Waals surface area contributed by atoms with Gasteiger partial charge in [-0.2, -0.15) is 0 Å². The molecule has 1 amide bonds. The Morgan fingerprint density at radius 3 is 2.76 bits per heavy atom. The number of nitrogen functional groups attached to an aromatic ring is 1. The molecule has 1 aromatic rings. The van der Waals surface area contributed by atoms with Gasteiger partial charge in [0.2, 0.25) is 5.91 Å². The fourth-order valence-electron chi connectivity index (χ4n) is 3.22. The van der Waals surface area contributed by atoms with Crippen LogP contribution in [0.2, 0.25) is 0 Å². The standard InChI is InChI=1S/C17H27N3O/c1-4-19(5-2)16-9-10-20(12-16)17(21)13(3)14-7-6-8-15(18)11-14/h6-8,11,13,16H,4-5,9-10,12,18H2,1-3H3. The molecule has 0 aromatic heterocycles. The van der Waals surface area contributed by atoms with Gasteiger partial charge in [0.25, 0.3) is 0 Å². The molecule has 4 heteroatoms. The molecule has 2 N–H and O–H groups in total. The number of hydrogen-bond acceptors (Lipinski definition) is 3. The molecule has 0 aliphatic carbocycles. The van der Waals surface area contributed by atoms with Crippen LogP contribution in [0.1, 0.15) is 38.7 Å². The minimum absolute atomic E-state index is 0.121. The number of likely N-dealkylation sites (N-methyl/N-ethyl adjacent to an activating group) is 1. The molecule has 0 saturated carbocycles. The number of amides is 1. The summed E-state index contributed by atoms with van der Waals surface area (Å²) >= 11 is 0. The number of benzene rings is 1. The smallest absolute Gasteiger partial charge is 0.229 e. The molecule has 2 unspecified atom stereocenters. The molecule has 0 radical (unpaired) electrons. The summed E-state index contributed by atoms with van der Waals surface area (Å²) in [6.07, 6.45) is 1.08. The summed E-state index contributed by atoms with van der Waals surface area (Å²) in [6.45, 7) is 10.2. The van der Waals surface area contributed by atoms with E-state index >= 15 is 0 Å². The van der Waals surface area contributed by atoms with E-state index in [1.165, 1.54) is 0 Å². The third-order valence-corrected chi connectivity index (χ3v) is 4.58. The second kappa shape index (κ2) is 6.94. The minimum Gasteiger partial charge on any atom is -0.399 e. The maximum absolute atomic E-state index is 12.7. The van der Waals surface area contributed by atoms with Gasteiger partial charge in [-0.05, 0) is 44.1 Å². The summed E-state index contributed by atoms with van der Waals surface area (Å²) in [4.78, 5) is 17.1. The molecule has 2 rings (SSSR count). The molecule has 116 valence electrons. The van der Waals surface area contributed by atoms with Crippen LogP contribution in [0.4, 0.5) is 5.69 Å². The summed E-state index contributed by atoms with van der Waals surface area (Å²) in [5, 5.41) is 0. The molecule has 1 saturated heterocycles. The Bertz CT molecular complexity index is 485. The highest BCUT2D eigenvalue weighted by atomic mass is 16.2. The molecule has 1 aliphatic heterocycles. The number of anilines is 1. The van der Waals surface area contributed by atoms with E-state index in [1.807, 2.05) is 36.1 Å². The van der Waals surface area contributed by atoms with E-state index in [0.29, 0.717) is 6.04 Å². The average Bonchev–Trinajstić information content (AvgIpc) is 2.97. The Kier molecular flexibility index (Phi) is 5.23.